The number of hydrogen-bond acceptors (Lipinski definition) is 4. The number of methoxy groups -OCH3 is 1. The molecule has 2 N–H and O–H groups in total. The number of pyridine rings is 1. The lowest BCUT2D eigenvalue weighted by molar-refractivity contribution is -0.107. The molecule has 0 bridgehead atoms. The van der Waals surface area contributed by atoms with Crippen LogP contribution in [0.5, 0.6) is 5.88 Å². The number of rotatable bonds is 3. The third-order valence-corrected chi connectivity index (χ3v) is 2.09. The van der Waals surface area contributed by atoms with Gasteiger partial charge in [0, 0.05) is 31.4 Å². The lowest BCUT2D eigenvalue weighted by atomic mass is 10.2. The second-order valence-corrected chi connectivity index (χ2v) is 2.93. The number of fused-ring (bicyclic) bond motifs is 1. The normalized spacial score (nSPS) is 9.44. The highest BCUT2D eigenvalue weighted by atomic mass is 16.5. The molecule has 86 valence electrons. The van der Waals surface area contributed by atoms with E-state index in [-0.39, 0.29) is 0 Å². The van der Waals surface area contributed by atoms with Gasteiger partial charge in [0.1, 0.15) is 6.29 Å². The number of H-pyrrole nitrogens is 1. The summed E-state index contributed by atoms with van der Waals surface area (Å²) in [6.07, 6.45) is 3.04. The molecular formula is C11H14N2O3. The Morgan fingerprint density at radius 2 is 2.25 bits per heavy atom. The van der Waals surface area contributed by atoms with Crippen LogP contribution < -0.4 is 4.74 Å². The van der Waals surface area contributed by atoms with Crippen molar-refractivity contribution in [2.75, 3.05) is 14.2 Å². The zero-order chi connectivity index (χ0) is 12.0. The van der Waals surface area contributed by atoms with Crippen LogP contribution in [0.25, 0.3) is 11.0 Å². The largest absolute Gasteiger partial charge is 0.481 e. The fourth-order valence-corrected chi connectivity index (χ4v) is 1.39. The lowest BCUT2D eigenvalue weighted by Gasteiger charge is -1.98. The van der Waals surface area contributed by atoms with Gasteiger partial charge in [-0.15, -0.1) is 0 Å². The van der Waals surface area contributed by atoms with Crippen LogP contribution in [0, 0.1) is 0 Å². The average Bonchev–Trinajstić information content (AvgIpc) is 2.75. The number of aldehydes is 1. The molecule has 0 aromatic carbocycles. The number of aliphatic hydroxyl groups is 1. The highest BCUT2D eigenvalue weighted by Gasteiger charge is 2.05. The number of hydrogen-bond donors (Lipinski definition) is 2. The average molecular weight is 222 g/mol. The van der Waals surface area contributed by atoms with Gasteiger partial charge in [0.2, 0.25) is 5.88 Å². The van der Waals surface area contributed by atoms with E-state index in [1.165, 1.54) is 0 Å². The minimum Gasteiger partial charge on any atom is -0.481 e. The first-order chi connectivity index (χ1) is 7.85. The van der Waals surface area contributed by atoms with Crippen molar-refractivity contribution in [3.05, 3.63) is 23.9 Å². The molecule has 0 aliphatic carbocycles. The molecule has 0 aliphatic heterocycles. The third-order valence-electron chi connectivity index (χ3n) is 2.09. The Morgan fingerprint density at radius 1 is 1.50 bits per heavy atom. The summed E-state index contributed by atoms with van der Waals surface area (Å²) in [4.78, 5) is 17.7. The standard InChI is InChI=1S/C10H10N2O2.CH4O/c1-14-9-3-2-8-10(12-9)7(4-5-13)6-11-8;1-2/h2-3,5-6,11H,4H2,1H3;2H,1H3. The van der Waals surface area contributed by atoms with Gasteiger partial charge in [-0.05, 0) is 6.07 Å². The van der Waals surface area contributed by atoms with E-state index in [2.05, 4.69) is 9.97 Å². The summed E-state index contributed by atoms with van der Waals surface area (Å²) in [6, 6.07) is 3.67. The maximum absolute atomic E-state index is 10.4. The van der Waals surface area contributed by atoms with E-state index >= 15 is 0 Å². The number of aliphatic hydroxyl groups excluding tert-OH is 1. The molecule has 2 aromatic heterocycles. The predicted octanol–water partition coefficient (Wildman–Crippen LogP) is 0.921. The molecule has 0 saturated heterocycles. The molecule has 2 heterocycles. The van der Waals surface area contributed by atoms with Crippen molar-refractivity contribution in [2.24, 2.45) is 0 Å². The van der Waals surface area contributed by atoms with Crippen molar-refractivity contribution < 1.29 is 14.6 Å². The van der Waals surface area contributed by atoms with Crippen LogP contribution in [0.1, 0.15) is 5.56 Å². The van der Waals surface area contributed by atoms with E-state index in [4.69, 9.17) is 9.84 Å². The summed E-state index contributed by atoms with van der Waals surface area (Å²) in [5, 5.41) is 7.00. The van der Waals surface area contributed by atoms with Crippen molar-refractivity contribution in [3.8, 4) is 5.88 Å². The third kappa shape index (κ3) is 2.38. The predicted molar refractivity (Wildman–Crippen MR) is 60.6 cm³/mol. The maximum Gasteiger partial charge on any atom is 0.213 e. The van der Waals surface area contributed by atoms with Crippen molar-refractivity contribution >= 4 is 17.3 Å². The van der Waals surface area contributed by atoms with Crippen molar-refractivity contribution in [3.63, 3.8) is 0 Å². The fraction of sp³-hybridized carbons (Fsp3) is 0.273. The van der Waals surface area contributed by atoms with Crippen molar-refractivity contribution in [2.45, 2.75) is 6.42 Å². The highest BCUT2D eigenvalue weighted by Crippen LogP contribution is 2.19. The van der Waals surface area contributed by atoms with Crippen LogP contribution in [0.2, 0.25) is 0 Å². The Bertz CT molecular complexity index is 465. The summed E-state index contributed by atoms with van der Waals surface area (Å²) >= 11 is 0. The highest BCUT2D eigenvalue weighted by molar-refractivity contribution is 5.81. The number of nitrogens with zero attached hydrogens (tertiary/aromatic N) is 1. The molecule has 0 spiro atoms. The minimum absolute atomic E-state index is 0.375. The summed E-state index contributed by atoms with van der Waals surface area (Å²) in [6.45, 7) is 0. The summed E-state index contributed by atoms with van der Waals surface area (Å²) in [7, 11) is 2.57. The smallest absolute Gasteiger partial charge is 0.213 e. The zero-order valence-corrected chi connectivity index (χ0v) is 9.23. The van der Waals surface area contributed by atoms with E-state index in [9.17, 15) is 4.79 Å². The Morgan fingerprint density at radius 3 is 2.88 bits per heavy atom. The molecule has 0 atom stereocenters. The van der Waals surface area contributed by atoms with Crippen LogP contribution in [0.15, 0.2) is 18.3 Å². The summed E-state index contributed by atoms with van der Waals surface area (Å²) < 4.78 is 5.01. The quantitative estimate of drug-likeness (QED) is 0.757. The lowest BCUT2D eigenvalue weighted by Crippen LogP contribution is -1.89. The Kier molecular flexibility index (Phi) is 4.47. The first kappa shape index (κ1) is 12.2. The SMILES string of the molecule is CO.COc1ccc2[nH]cc(CC=O)c2n1. The molecule has 0 aliphatic rings. The van der Waals surface area contributed by atoms with Gasteiger partial charge in [0.15, 0.2) is 0 Å². The van der Waals surface area contributed by atoms with Crippen molar-refractivity contribution in [1.82, 2.24) is 9.97 Å². The molecule has 0 fully saturated rings. The molecule has 5 nitrogen and oxygen atoms in total. The van der Waals surface area contributed by atoms with E-state index in [0.717, 1.165) is 30.0 Å². The molecule has 0 amide bonds. The molecule has 5 heteroatoms. The Hall–Kier alpha value is -1.88. The number of aromatic nitrogens is 2. The molecule has 0 unspecified atom stereocenters. The van der Waals surface area contributed by atoms with Crippen LogP contribution in [0.3, 0.4) is 0 Å². The van der Waals surface area contributed by atoms with Crippen LogP contribution in [0.4, 0.5) is 0 Å². The molecular weight excluding hydrogens is 208 g/mol. The topological polar surface area (TPSA) is 75.2 Å². The fourth-order valence-electron chi connectivity index (χ4n) is 1.39. The number of carbonyl (C=O) groups excluding carboxylic acids is 1. The van der Waals surface area contributed by atoms with E-state index in [1.54, 1.807) is 19.4 Å². The molecule has 16 heavy (non-hydrogen) atoms. The number of ether oxygens (including phenoxy) is 1. The Labute approximate surface area is 93.1 Å². The van der Waals surface area contributed by atoms with Gasteiger partial charge in [0.25, 0.3) is 0 Å². The first-order valence-corrected chi connectivity index (χ1v) is 4.74. The van der Waals surface area contributed by atoms with E-state index in [1.807, 2.05) is 6.07 Å². The number of aromatic amines is 1. The van der Waals surface area contributed by atoms with E-state index < -0.39 is 0 Å². The summed E-state index contributed by atoms with van der Waals surface area (Å²) in [5.41, 5.74) is 2.62. The minimum atomic E-state index is 0.375. The van der Waals surface area contributed by atoms with Crippen LogP contribution in [-0.4, -0.2) is 35.6 Å². The Balaban J connectivity index is 0.000000606. The van der Waals surface area contributed by atoms with Gasteiger partial charge in [-0.25, -0.2) is 4.98 Å². The van der Waals surface area contributed by atoms with Gasteiger partial charge in [-0.3, -0.25) is 0 Å². The molecule has 0 saturated carbocycles. The van der Waals surface area contributed by atoms with Crippen LogP contribution >= 0.6 is 0 Å². The number of nitrogens with one attached hydrogen (secondary N) is 1. The second kappa shape index (κ2) is 5.87. The second-order valence-electron chi connectivity index (χ2n) is 2.93. The van der Waals surface area contributed by atoms with Crippen LogP contribution in [-0.2, 0) is 11.2 Å². The zero-order valence-electron chi connectivity index (χ0n) is 9.23. The van der Waals surface area contributed by atoms with Gasteiger partial charge in [0.05, 0.1) is 18.1 Å². The van der Waals surface area contributed by atoms with E-state index in [0.29, 0.717) is 12.3 Å². The molecule has 2 aromatic rings. The summed E-state index contributed by atoms with van der Waals surface area (Å²) in [5.74, 6) is 0.559. The van der Waals surface area contributed by atoms with Crippen molar-refractivity contribution in [1.29, 1.82) is 0 Å². The maximum atomic E-state index is 10.4. The monoisotopic (exact) mass is 222 g/mol. The van der Waals surface area contributed by atoms with Gasteiger partial charge < -0.3 is 19.6 Å². The van der Waals surface area contributed by atoms with Gasteiger partial charge >= 0.3 is 0 Å². The van der Waals surface area contributed by atoms with Gasteiger partial charge in [-0.1, -0.05) is 0 Å². The number of carbonyl (C=O) groups is 1. The first-order valence-electron chi connectivity index (χ1n) is 4.74. The van der Waals surface area contributed by atoms with Gasteiger partial charge in [-0.2, -0.15) is 0 Å². The molecule has 0 radical (unpaired) electrons. The molecule has 2 rings (SSSR count).